The van der Waals surface area contributed by atoms with Gasteiger partial charge in [-0.2, -0.15) is 0 Å². The fourth-order valence-corrected chi connectivity index (χ4v) is 6.44. The second-order valence-corrected chi connectivity index (χ2v) is 16.1. The molecule has 0 bridgehead atoms. The molecule has 6 amide bonds. The summed E-state index contributed by atoms with van der Waals surface area (Å²) in [5.74, 6) is -3.86. The summed E-state index contributed by atoms with van der Waals surface area (Å²) in [6.45, 7) is 15.9. The van der Waals surface area contributed by atoms with Gasteiger partial charge in [0.15, 0.2) is 0 Å². The SMILES string of the molecule is CCC(C)[C@H](NC(=O)[C@H](Cc1ccccc1)NC[C@@H](O)[C@H](Cc1ccccc1)NC(=O)[C@@H](NC(=O)[C@H](CC(C)C)NC(C)=O)C(C)C)C(=O)N[C@H](C(N)=O)C(C)C. The normalized spacial score (nSPS) is 15.7. The highest BCUT2D eigenvalue weighted by molar-refractivity contribution is 5.93. The second-order valence-electron chi connectivity index (χ2n) is 16.1. The molecule has 0 aromatic heterocycles. The first-order valence-corrected chi connectivity index (χ1v) is 20.1. The smallest absolute Gasteiger partial charge is 0.243 e. The maximum Gasteiger partial charge on any atom is 0.243 e. The lowest BCUT2D eigenvalue weighted by Crippen LogP contribution is -2.60. The van der Waals surface area contributed by atoms with Crippen molar-refractivity contribution in [2.45, 2.75) is 130 Å². The molecule has 0 saturated carbocycles. The van der Waals surface area contributed by atoms with Gasteiger partial charge in [-0.15, -0.1) is 0 Å². The quantitative estimate of drug-likeness (QED) is 0.0785. The summed E-state index contributed by atoms with van der Waals surface area (Å²) in [6.07, 6.45) is 0.172. The van der Waals surface area contributed by atoms with Crippen LogP contribution in [0.15, 0.2) is 60.7 Å². The molecule has 14 heteroatoms. The van der Waals surface area contributed by atoms with E-state index in [1.165, 1.54) is 6.92 Å². The zero-order chi connectivity index (χ0) is 42.8. The number of primary amides is 1. The summed E-state index contributed by atoms with van der Waals surface area (Å²) in [7, 11) is 0. The van der Waals surface area contributed by atoms with E-state index in [1.54, 1.807) is 27.7 Å². The molecule has 2 aromatic carbocycles. The Balaban J connectivity index is 2.38. The third kappa shape index (κ3) is 16.7. The minimum absolute atomic E-state index is 0.0989. The van der Waals surface area contributed by atoms with Crippen LogP contribution in [0, 0.1) is 23.7 Å². The molecule has 0 aliphatic carbocycles. The van der Waals surface area contributed by atoms with Crippen molar-refractivity contribution in [3.05, 3.63) is 71.8 Å². The number of nitrogens with one attached hydrogen (secondary N) is 6. The van der Waals surface area contributed by atoms with Gasteiger partial charge >= 0.3 is 0 Å². The average Bonchev–Trinajstić information content (AvgIpc) is 3.15. The Morgan fingerprint density at radius 1 is 0.614 bits per heavy atom. The minimum atomic E-state index is -1.21. The summed E-state index contributed by atoms with van der Waals surface area (Å²) in [5, 5.41) is 29.0. The van der Waals surface area contributed by atoms with Crippen molar-refractivity contribution in [1.29, 1.82) is 0 Å². The number of rotatable bonds is 24. The lowest BCUT2D eigenvalue weighted by atomic mass is 9.95. The maximum absolute atomic E-state index is 14.1. The van der Waals surface area contributed by atoms with E-state index in [2.05, 4.69) is 31.9 Å². The molecule has 0 heterocycles. The fourth-order valence-electron chi connectivity index (χ4n) is 6.44. The summed E-state index contributed by atoms with van der Waals surface area (Å²) >= 11 is 0. The number of hydrogen-bond acceptors (Lipinski definition) is 8. The Morgan fingerprint density at radius 3 is 1.56 bits per heavy atom. The van der Waals surface area contributed by atoms with E-state index in [0.29, 0.717) is 12.8 Å². The van der Waals surface area contributed by atoms with E-state index in [-0.39, 0.29) is 49.0 Å². The van der Waals surface area contributed by atoms with Gasteiger partial charge in [-0.1, -0.05) is 122 Å². The van der Waals surface area contributed by atoms with Crippen molar-refractivity contribution < 1.29 is 33.9 Å². The zero-order valence-corrected chi connectivity index (χ0v) is 35.1. The summed E-state index contributed by atoms with van der Waals surface area (Å²) in [4.78, 5) is 78.9. The fraction of sp³-hybridized carbons (Fsp3) is 0.581. The number of hydrogen-bond donors (Lipinski definition) is 8. The largest absolute Gasteiger partial charge is 0.390 e. The van der Waals surface area contributed by atoms with Gasteiger partial charge in [0.1, 0.15) is 24.2 Å². The van der Waals surface area contributed by atoms with Crippen molar-refractivity contribution in [1.82, 2.24) is 31.9 Å². The van der Waals surface area contributed by atoms with Crippen molar-refractivity contribution in [3.8, 4) is 0 Å². The van der Waals surface area contributed by atoms with E-state index >= 15 is 0 Å². The van der Waals surface area contributed by atoms with E-state index in [1.807, 2.05) is 88.4 Å². The Hall–Kier alpha value is -4.82. The van der Waals surface area contributed by atoms with Gasteiger partial charge in [-0.05, 0) is 54.1 Å². The minimum Gasteiger partial charge on any atom is -0.390 e. The molecule has 57 heavy (non-hydrogen) atoms. The molecule has 2 aromatic rings. The molecule has 1 unspecified atom stereocenters. The molecule has 0 spiro atoms. The zero-order valence-electron chi connectivity index (χ0n) is 35.1. The highest BCUT2D eigenvalue weighted by atomic mass is 16.3. The molecule has 2 rings (SSSR count). The highest BCUT2D eigenvalue weighted by Gasteiger charge is 2.34. The maximum atomic E-state index is 14.1. The average molecular weight is 794 g/mol. The molecule has 0 aliphatic heterocycles. The third-order valence-corrected chi connectivity index (χ3v) is 9.98. The summed E-state index contributed by atoms with van der Waals surface area (Å²) < 4.78 is 0. The first-order chi connectivity index (χ1) is 26.8. The van der Waals surface area contributed by atoms with Gasteiger partial charge in [0.2, 0.25) is 35.4 Å². The van der Waals surface area contributed by atoms with Gasteiger partial charge in [-0.25, -0.2) is 0 Å². The molecular formula is C43H67N7O7. The van der Waals surface area contributed by atoms with Crippen molar-refractivity contribution in [2.24, 2.45) is 29.4 Å². The topological polar surface area (TPSA) is 221 Å². The van der Waals surface area contributed by atoms with Crippen LogP contribution in [0.25, 0.3) is 0 Å². The lowest BCUT2D eigenvalue weighted by Gasteiger charge is -2.31. The molecule has 9 N–H and O–H groups in total. The number of aliphatic hydroxyl groups excluding tert-OH is 1. The van der Waals surface area contributed by atoms with E-state index < -0.39 is 71.9 Å². The number of benzene rings is 2. The Morgan fingerprint density at radius 2 is 1.09 bits per heavy atom. The second kappa shape index (κ2) is 24.1. The third-order valence-electron chi connectivity index (χ3n) is 9.98. The van der Waals surface area contributed by atoms with Crippen molar-refractivity contribution >= 4 is 35.4 Å². The molecule has 8 atom stereocenters. The predicted octanol–water partition coefficient (Wildman–Crippen LogP) is 2.12. The van der Waals surface area contributed by atoms with Gasteiger partial charge < -0.3 is 42.7 Å². The number of carbonyl (C=O) groups is 6. The van der Waals surface area contributed by atoms with Crippen molar-refractivity contribution in [2.75, 3.05) is 6.54 Å². The standard InChI is InChI=1S/C43H67N7O7/c1-10-28(8)38(43(57)48-36(26(4)5)39(44)53)50-40(54)33(23-31-19-15-12-16-20-31)45-24-35(52)32(22-30-17-13-11-14-18-30)47-42(56)37(27(6)7)49-41(55)34(21-25(2)3)46-29(9)51/h11-20,25-28,32-38,45,52H,10,21-24H2,1-9H3,(H2,44,53)(H,46,51)(H,47,56)(H,48,57)(H,49,55)(H,50,54)/t28?,32-,33-,34-,35+,36-,37-,38-/m0/s1. The van der Waals surface area contributed by atoms with E-state index in [0.717, 1.165) is 11.1 Å². The van der Waals surface area contributed by atoms with Gasteiger partial charge in [0.05, 0.1) is 18.2 Å². The Labute approximate surface area is 338 Å². The van der Waals surface area contributed by atoms with Crippen LogP contribution < -0.4 is 37.6 Å². The van der Waals surface area contributed by atoms with Crippen LogP contribution in [0.5, 0.6) is 0 Å². The van der Waals surface area contributed by atoms with Gasteiger partial charge in [0.25, 0.3) is 0 Å². The summed E-state index contributed by atoms with van der Waals surface area (Å²) in [5.41, 5.74) is 7.23. The predicted molar refractivity (Wildman–Crippen MR) is 221 cm³/mol. The van der Waals surface area contributed by atoms with Gasteiger partial charge in [0, 0.05) is 13.5 Å². The van der Waals surface area contributed by atoms with Crippen LogP contribution in [0.1, 0.15) is 86.3 Å². The molecule has 0 saturated heterocycles. The van der Waals surface area contributed by atoms with Crippen molar-refractivity contribution in [3.63, 3.8) is 0 Å². The monoisotopic (exact) mass is 794 g/mol. The molecule has 14 nitrogen and oxygen atoms in total. The number of aliphatic hydroxyl groups is 1. The number of carbonyl (C=O) groups excluding carboxylic acids is 6. The molecule has 0 fully saturated rings. The van der Waals surface area contributed by atoms with Crippen LogP contribution in [-0.4, -0.2) is 89.4 Å². The number of amides is 6. The summed E-state index contributed by atoms with van der Waals surface area (Å²) in [6, 6.07) is 13.1. The molecule has 316 valence electrons. The van der Waals surface area contributed by atoms with Gasteiger partial charge in [-0.3, -0.25) is 28.8 Å². The number of nitrogens with two attached hydrogens (primary N) is 1. The van der Waals surface area contributed by atoms with E-state index in [4.69, 9.17) is 5.73 Å². The van der Waals surface area contributed by atoms with Crippen LogP contribution in [-0.2, 0) is 41.6 Å². The van der Waals surface area contributed by atoms with Crippen LogP contribution in [0.4, 0.5) is 0 Å². The first kappa shape index (κ1) is 48.3. The molecular weight excluding hydrogens is 727 g/mol. The highest BCUT2D eigenvalue weighted by Crippen LogP contribution is 2.14. The first-order valence-electron chi connectivity index (χ1n) is 20.1. The Bertz CT molecular complexity index is 1590. The van der Waals surface area contributed by atoms with Crippen LogP contribution >= 0.6 is 0 Å². The Kier molecular flexibility index (Phi) is 20.4. The van der Waals surface area contributed by atoms with E-state index in [9.17, 15) is 33.9 Å². The lowest BCUT2D eigenvalue weighted by molar-refractivity contribution is -0.133. The molecule has 0 radical (unpaired) electrons. The molecule has 0 aliphatic rings. The van der Waals surface area contributed by atoms with Crippen LogP contribution in [0.3, 0.4) is 0 Å². The van der Waals surface area contributed by atoms with Crippen LogP contribution in [0.2, 0.25) is 0 Å².